The van der Waals surface area contributed by atoms with Crippen LogP contribution in [0.4, 0.5) is 0 Å². The summed E-state index contributed by atoms with van der Waals surface area (Å²) in [6, 6.07) is 3.64. The van der Waals surface area contributed by atoms with Gasteiger partial charge in [-0.3, -0.25) is 4.68 Å². The van der Waals surface area contributed by atoms with Crippen molar-refractivity contribution in [2.75, 3.05) is 0 Å². The maximum atomic E-state index is 11.2. The van der Waals surface area contributed by atoms with Gasteiger partial charge in [0, 0.05) is 17.6 Å². The minimum absolute atomic E-state index is 0.0276. The van der Waals surface area contributed by atoms with Crippen LogP contribution in [0, 0.1) is 6.92 Å². The Morgan fingerprint density at radius 1 is 1.53 bits per heavy atom. The number of carbonyl (C=O) groups is 1. The van der Waals surface area contributed by atoms with Gasteiger partial charge >= 0.3 is 5.97 Å². The molecule has 0 unspecified atom stereocenters. The summed E-state index contributed by atoms with van der Waals surface area (Å²) < 4.78 is 7.18. The second-order valence-corrected chi connectivity index (χ2v) is 4.90. The molecule has 0 fully saturated rings. The monoisotopic (exact) mass is 278 g/mol. The predicted molar refractivity (Wildman–Crippen MR) is 69.7 cm³/mol. The van der Waals surface area contributed by atoms with Gasteiger partial charge in [0.15, 0.2) is 5.69 Å². The van der Waals surface area contributed by atoms with Crippen molar-refractivity contribution in [1.82, 2.24) is 9.78 Å². The first kappa shape index (κ1) is 12.0. The van der Waals surface area contributed by atoms with Crippen LogP contribution in [0.1, 0.15) is 21.6 Å². The molecule has 1 aromatic carbocycles. The van der Waals surface area contributed by atoms with Crippen LogP contribution in [0.25, 0.3) is 11.3 Å². The van der Waals surface area contributed by atoms with Gasteiger partial charge in [0.2, 0.25) is 0 Å². The Bertz CT molecular complexity index is 706. The molecule has 0 aliphatic carbocycles. The third-order valence-corrected chi connectivity index (χ3v) is 3.64. The molecule has 0 radical (unpaired) electrons. The molecule has 0 spiro atoms. The van der Waals surface area contributed by atoms with Crippen LogP contribution in [0.2, 0.25) is 5.02 Å². The van der Waals surface area contributed by atoms with Gasteiger partial charge in [-0.25, -0.2) is 4.79 Å². The summed E-state index contributed by atoms with van der Waals surface area (Å²) in [6.07, 6.45) is 0. The largest absolute Gasteiger partial charge is 0.488 e. The van der Waals surface area contributed by atoms with Crippen LogP contribution < -0.4 is 4.74 Å². The van der Waals surface area contributed by atoms with Gasteiger partial charge < -0.3 is 9.84 Å². The summed E-state index contributed by atoms with van der Waals surface area (Å²) >= 11 is 6.13. The van der Waals surface area contributed by atoms with Gasteiger partial charge in [0.1, 0.15) is 12.4 Å². The first-order chi connectivity index (χ1) is 8.99. The number of benzene rings is 1. The first-order valence-electron chi connectivity index (χ1n) is 5.71. The summed E-state index contributed by atoms with van der Waals surface area (Å²) in [6.45, 7) is 2.10. The lowest BCUT2D eigenvalue weighted by molar-refractivity contribution is 0.0686. The Hall–Kier alpha value is -2.01. The number of carboxylic acids is 1. The minimum atomic E-state index is -1.05. The van der Waals surface area contributed by atoms with Crippen LogP contribution in [0.5, 0.6) is 5.75 Å². The van der Waals surface area contributed by atoms with Crippen molar-refractivity contribution < 1.29 is 14.6 Å². The number of aromatic nitrogens is 2. The van der Waals surface area contributed by atoms with Crippen molar-refractivity contribution in [2.24, 2.45) is 7.05 Å². The zero-order valence-corrected chi connectivity index (χ0v) is 11.2. The van der Waals surface area contributed by atoms with Gasteiger partial charge in [0.05, 0.1) is 11.3 Å². The molecule has 5 nitrogen and oxygen atoms in total. The number of carboxylic acid groups (broad SMARTS) is 1. The van der Waals surface area contributed by atoms with Crippen LogP contribution in [0.15, 0.2) is 12.1 Å². The van der Waals surface area contributed by atoms with Crippen molar-refractivity contribution in [3.05, 3.63) is 34.0 Å². The van der Waals surface area contributed by atoms with Crippen LogP contribution in [-0.4, -0.2) is 20.9 Å². The van der Waals surface area contributed by atoms with E-state index in [1.807, 2.05) is 13.0 Å². The molecule has 0 bridgehead atoms. The molecule has 0 saturated carbocycles. The molecule has 1 N–H and O–H groups in total. The second kappa shape index (κ2) is 3.99. The number of ether oxygens (including phenoxy) is 1. The second-order valence-electron chi connectivity index (χ2n) is 4.49. The highest BCUT2D eigenvalue weighted by atomic mass is 35.5. The fraction of sp³-hybridized carbons (Fsp3) is 0.231. The fourth-order valence-electron chi connectivity index (χ4n) is 2.32. The lowest BCUT2D eigenvalue weighted by atomic mass is 10.0. The zero-order chi connectivity index (χ0) is 13.7. The summed E-state index contributed by atoms with van der Waals surface area (Å²) in [5.41, 5.74) is 3.06. The summed E-state index contributed by atoms with van der Waals surface area (Å²) in [5, 5.41) is 13.8. The number of halogens is 1. The molecule has 0 atom stereocenters. The molecule has 3 rings (SSSR count). The molecule has 1 aliphatic rings. The Labute approximate surface area is 114 Å². The normalized spacial score (nSPS) is 12.6. The SMILES string of the molecule is Cc1cc2c(cc1Cl)-c1c(c(C(=O)O)nn1C)CO2. The molecule has 98 valence electrons. The number of rotatable bonds is 1. The average Bonchev–Trinajstić information content (AvgIpc) is 2.69. The Kier molecular flexibility index (Phi) is 2.53. The molecule has 1 aromatic heterocycles. The molecule has 2 heterocycles. The maximum absolute atomic E-state index is 11.2. The van der Waals surface area contributed by atoms with Crippen molar-refractivity contribution >= 4 is 17.6 Å². The van der Waals surface area contributed by atoms with E-state index >= 15 is 0 Å². The van der Waals surface area contributed by atoms with E-state index in [0.29, 0.717) is 16.3 Å². The fourth-order valence-corrected chi connectivity index (χ4v) is 2.49. The quantitative estimate of drug-likeness (QED) is 0.871. The molecular formula is C13H11ClN2O3. The molecule has 0 amide bonds. The van der Waals surface area contributed by atoms with Crippen molar-refractivity contribution in [3.8, 4) is 17.0 Å². The van der Waals surface area contributed by atoms with Gasteiger partial charge in [0.25, 0.3) is 0 Å². The number of hydrogen-bond acceptors (Lipinski definition) is 3. The van der Waals surface area contributed by atoms with Crippen molar-refractivity contribution in [2.45, 2.75) is 13.5 Å². The van der Waals surface area contributed by atoms with E-state index < -0.39 is 5.97 Å². The van der Waals surface area contributed by atoms with E-state index in [4.69, 9.17) is 21.4 Å². The minimum Gasteiger partial charge on any atom is -0.488 e. The summed E-state index contributed by atoms with van der Waals surface area (Å²) in [4.78, 5) is 11.2. The highest BCUT2D eigenvalue weighted by Gasteiger charge is 2.28. The molecule has 6 heteroatoms. The maximum Gasteiger partial charge on any atom is 0.356 e. The van der Waals surface area contributed by atoms with E-state index in [9.17, 15) is 4.79 Å². The van der Waals surface area contributed by atoms with Crippen molar-refractivity contribution in [1.29, 1.82) is 0 Å². The predicted octanol–water partition coefficient (Wildman–Crippen LogP) is 2.64. The van der Waals surface area contributed by atoms with Gasteiger partial charge in [-0.15, -0.1) is 0 Å². The molecule has 1 aliphatic heterocycles. The number of aryl methyl sites for hydroxylation is 2. The third-order valence-electron chi connectivity index (χ3n) is 3.24. The van der Waals surface area contributed by atoms with Crippen LogP contribution in [0.3, 0.4) is 0 Å². The number of nitrogens with zero attached hydrogens (tertiary/aromatic N) is 2. The highest BCUT2D eigenvalue weighted by Crippen LogP contribution is 2.41. The third kappa shape index (κ3) is 1.69. The van der Waals surface area contributed by atoms with Crippen molar-refractivity contribution in [3.63, 3.8) is 0 Å². The number of fused-ring (bicyclic) bond motifs is 3. The number of aromatic carboxylic acids is 1. The molecule has 0 saturated heterocycles. The molecule has 19 heavy (non-hydrogen) atoms. The average molecular weight is 279 g/mol. The molecule has 2 aromatic rings. The topological polar surface area (TPSA) is 64.3 Å². The zero-order valence-electron chi connectivity index (χ0n) is 10.4. The van der Waals surface area contributed by atoms with E-state index in [1.165, 1.54) is 0 Å². The lowest BCUT2D eigenvalue weighted by Gasteiger charge is -2.19. The highest BCUT2D eigenvalue weighted by molar-refractivity contribution is 6.31. The first-order valence-corrected chi connectivity index (χ1v) is 6.09. The van der Waals surface area contributed by atoms with Crippen LogP contribution >= 0.6 is 11.6 Å². The number of hydrogen-bond donors (Lipinski definition) is 1. The smallest absolute Gasteiger partial charge is 0.356 e. The van der Waals surface area contributed by atoms with Gasteiger partial charge in [-0.1, -0.05) is 11.6 Å². The standard InChI is InChI=1S/C13H11ClN2O3/c1-6-3-10-7(4-9(6)14)12-8(5-19-10)11(13(17)18)15-16(12)2/h3-4H,5H2,1-2H3,(H,17,18). The molecular weight excluding hydrogens is 268 g/mol. The van der Waals surface area contributed by atoms with Crippen LogP contribution in [-0.2, 0) is 13.7 Å². The van der Waals surface area contributed by atoms with E-state index in [1.54, 1.807) is 17.8 Å². The Morgan fingerprint density at radius 2 is 2.26 bits per heavy atom. The Balaban J connectivity index is 2.30. The Morgan fingerprint density at radius 3 is 2.95 bits per heavy atom. The lowest BCUT2D eigenvalue weighted by Crippen LogP contribution is -2.09. The van der Waals surface area contributed by atoms with E-state index in [2.05, 4.69) is 5.10 Å². The summed E-state index contributed by atoms with van der Waals surface area (Å²) in [7, 11) is 1.72. The van der Waals surface area contributed by atoms with E-state index in [-0.39, 0.29) is 12.3 Å². The van der Waals surface area contributed by atoms with E-state index in [0.717, 1.165) is 16.8 Å². The van der Waals surface area contributed by atoms with Gasteiger partial charge in [-0.2, -0.15) is 5.10 Å². The van der Waals surface area contributed by atoms with Gasteiger partial charge in [-0.05, 0) is 24.6 Å². The summed E-state index contributed by atoms with van der Waals surface area (Å²) in [5.74, 6) is -0.351.